The van der Waals surface area contributed by atoms with Gasteiger partial charge in [-0.15, -0.1) is 0 Å². The second-order valence-electron chi connectivity index (χ2n) is 8.96. The average Bonchev–Trinajstić information content (AvgIpc) is 3.23. The van der Waals surface area contributed by atoms with Gasteiger partial charge in [0.1, 0.15) is 0 Å². The number of fused-ring (bicyclic) bond motifs is 2. The summed E-state index contributed by atoms with van der Waals surface area (Å²) in [7, 11) is 0. The first kappa shape index (κ1) is 14.9. The molecule has 0 aromatic heterocycles. The van der Waals surface area contributed by atoms with Crippen LogP contribution in [0.1, 0.15) is 79.1 Å². The fraction of sp³-hybridized carbons (Fsp3) is 1.00. The van der Waals surface area contributed by atoms with Crippen molar-refractivity contribution in [3.05, 3.63) is 0 Å². The lowest BCUT2D eigenvalue weighted by atomic mass is 9.58. The summed E-state index contributed by atoms with van der Waals surface area (Å²) in [6.45, 7) is 10.3. The minimum absolute atomic E-state index is 0.973. The summed E-state index contributed by atoms with van der Waals surface area (Å²) < 4.78 is 0. The Kier molecular flexibility index (Phi) is 4.48. The zero-order valence-electron chi connectivity index (χ0n) is 14.3. The van der Waals surface area contributed by atoms with Crippen molar-refractivity contribution in [2.24, 2.45) is 47.3 Å². The molecule has 116 valence electrons. The van der Waals surface area contributed by atoms with Crippen molar-refractivity contribution < 1.29 is 0 Å². The Balaban J connectivity index is 1.78. The maximum absolute atomic E-state index is 2.60. The summed E-state index contributed by atoms with van der Waals surface area (Å²) in [5, 5.41) is 0. The number of hydrogen-bond acceptors (Lipinski definition) is 0. The van der Waals surface area contributed by atoms with E-state index in [2.05, 4.69) is 27.7 Å². The van der Waals surface area contributed by atoms with E-state index in [1.54, 1.807) is 25.7 Å². The van der Waals surface area contributed by atoms with E-state index in [1.807, 2.05) is 0 Å². The van der Waals surface area contributed by atoms with Crippen LogP contribution in [0.2, 0.25) is 0 Å². The monoisotopic (exact) mass is 276 g/mol. The third-order valence-corrected chi connectivity index (χ3v) is 7.55. The van der Waals surface area contributed by atoms with E-state index in [4.69, 9.17) is 0 Å². The van der Waals surface area contributed by atoms with Gasteiger partial charge in [0.2, 0.25) is 0 Å². The molecule has 0 aromatic rings. The van der Waals surface area contributed by atoms with E-state index in [0.717, 1.165) is 47.3 Å². The van der Waals surface area contributed by atoms with E-state index < -0.39 is 0 Å². The van der Waals surface area contributed by atoms with Gasteiger partial charge in [0.25, 0.3) is 0 Å². The van der Waals surface area contributed by atoms with Crippen molar-refractivity contribution in [2.75, 3.05) is 0 Å². The molecule has 2 bridgehead atoms. The molecule has 0 spiro atoms. The third-order valence-electron chi connectivity index (χ3n) is 7.55. The van der Waals surface area contributed by atoms with Gasteiger partial charge in [-0.25, -0.2) is 0 Å². The maximum atomic E-state index is 2.60. The lowest BCUT2D eigenvalue weighted by Crippen LogP contribution is -2.40. The van der Waals surface area contributed by atoms with Crippen molar-refractivity contribution in [1.82, 2.24) is 0 Å². The molecule has 0 amide bonds. The molecule has 3 rings (SSSR count). The van der Waals surface area contributed by atoms with Crippen LogP contribution >= 0.6 is 0 Å². The molecule has 0 heterocycles. The van der Waals surface area contributed by atoms with Gasteiger partial charge < -0.3 is 0 Å². The number of hydrogen-bond donors (Lipinski definition) is 0. The predicted octanol–water partition coefficient (Wildman–Crippen LogP) is 6.16. The minimum Gasteiger partial charge on any atom is -0.0625 e. The molecule has 3 fully saturated rings. The molecule has 7 unspecified atom stereocenters. The Morgan fingerprint density at radius 2 is 1.45 bits per heavy atom. The van der Waals surface area contributed by atoms with Crippen molar-refractivity contribution in [3.63, 3.8) is 0 Å². The van der Waals surface area contributed by atoms with Gasteiger partial charge >= 0.3 is 0 Å². The Hall–Kier alpha value is 0. The highest BCUT2D eigenvalue weighted by atomic mass is 14.5. The molecule has 0 radical (unpaired) electrons. The molecule has 20 heavy (non-hydrogen) atoms. The smallest absolute Gasteiger partial charge is 0.0352 e. The molecule has 3 saturated carbocycles. The lowest BCUT2D eigenvalue weighted by Gasteiger charge is -2.47. The van der Waals surface area contributed by atoms with Gasteiger partial charge in [0.05, 0.1) is 0 Å². The Bertz CT molecular complexity index is 316. The van der Waals surface area contributed by atoms with E-state index in [1.165, 1.54) is 25.7 Å². The quantitative estimate of drug-likeness (QED) is 0.567. The molecule has 0 nitrogen and oxygen atoms in total. The van der Waals surface area contributed by atoms with Gasteiger partial charge in [-0.1, -0.05) is 59.8 Å². The van der Waals surface area contributed by atoms with E-state index in [-0.39, 0.29) is 0 Å². The van der Waals surface area contributed by atoms with Gasteiger partial charge in [0.15, 0.2) is 0 Å². The van der Waals surface area contributed by atoms with Crippen LogP contribution in [0.15, 0.2) is 0 Å². The van der Waals surface area contributed by atoms with Crippen LogP contribution in [0.3, 0.4) is 0 Å². The summed E-state index contributed by atoms with van der Waals surface area (Å²) in [6, 6.07) is 0. The second kappa shape index (κ2) is 6.01. The second-order valence-corrected chi connectivity index (χ2v) is 8.96. The highest BCUT2D eigenvalue weighted by Crippen LogP contribution is 2.52. The van der Waals surface area contributed by atoms with Crippen molar-refractivity contribution >= 4 is 0 Å². The third kappa shape index (κ3) is 3.09. The van der Waals surface area contributed by atoms with Crippen LogP contribution in [-0.4, -0.2) is 0 Å². The molecule has 3 aliphatic carbocycles. The SMILES string of the molecule is CC1CCC(C)C2CC(CC1)C(C)C(C)C2CC1CC1. The zero-order valence-corrected chi connectivity index (χ0v) is 14.3. The number of rotatable bonds is 2. The van der Waals surface area contributed by atoms with Crippen LogP contribution in [0.25, 0.3) is 0 Å². The van der Waals surface area contributed by atoms with Crippen molar-refractivity contribution in [1.29, 1.82) is 0 Å². The molecule has 0 aromatic carbocycles. The molecular formula is C20H36. The van der Waals surface area contributed by atoms with E-state index >= 15 is 0 Å². The summed E-state index contributed by atoms with van der Waals surface area (Å²) in [5.74, 6) is 8.17. The zero-order chi connectivity index (χ0) is 14.3. The lowest BCUT2D eigenvalue weighted by molar-refractivity contribution is 0.0174. The first-order valence-electron chi connectivity index (χ1n) is 9.56. The first-order chi connectivity index (χ1) is 9.56. The van der Waals surface area contributed by atoms with Crippen LogP contribution in [-0.2, 0) is 0 Å². The highest BCUT2D eigenvalue weighted by Gasteiger charge is 2.44. The maximum Gasteiger partial charge on any atom is -0.0352 e. The van der Waals surface area contributed by atoms with Crippen LogP contribution in [0.4, 0.5) is 0 Å². The standard InChI is InChI=1S/C20H36/c1-13-5-7-14(2)19-12-18(10-6-13)15(3)16(4)20(19)11-17-8-9-17/h13-20H,5-12H2,1-4H3. The fourth-order valence-corrected chi connectivity index (χ4v) is 5.52. The van der Waals surface area contributed by atoms with Gasteiger partial charge in [-0.05, 0) is 66.6 Å². The average molecular weight is 277 g/mol. The summed E-state index contributed by atoms with van der Waals surface area (Å²) >= 11 is 0. The molecule has 0 aliphatic heterocycles. The van der Waals surface area contributed by atoms with Crippen LogP contribution < -0.4 is 0 Å². The fourth-order valence-electron chi connectivity index (χ4n) is 5.52. The normalized spacial score (nSPS) is 50.1. The van der Waals surface area contributed by atoms with Gasteiger partial charge in [-0.2, -0.15) is 0 Å². The largest absolute Gasteiger partial charge is 0.0625 e. The first-order valence-corrected chi connectivity index (χ1v) is 9.56. The molecule has 0 heteroatoms. The summed E-state index contributed by atoms with van der Waals surface area (Å²) in [4.78, 5) is 0. The van der Waals surface area contributed by atoms with Gasteiger partial charge in [0, 0.05) is 0 Å². The molecule has 0 saturated heterocycles. The predicted molar refractivity (Wildman–Crippen MR) is 87.6 cm³/mol. The van der Waals surface area contributed by atoms with Gasteiger partial charge in [-0.3, -0.25) is 0 Å². The molecular weight excluding hydrogens is 240 g/mol. The molecule has 0 N–H and O–H groups in total. The van der Waals surface area contributed by atoms with Crippen LogP contribution in [0.5, 0.6) is 0 Å². The molecule has 3 aliphatic rings. The summed E-state index contributed by atoms with van der Waals surface area (Å²) in [5.41, 5.74) is 0. The summed E-state index contributed by atoms with van der Waals surface area (Å²) in [6.07, 6.45) is 12.2. The Labute approximate surface area is 127 Å². The van der Waals surface area contributed by atoms with Crippen LogP contribution in [0, 0.1) is 47.3 Å². The highest BCUT2D eigenvalue weighted by molar-refractivity contribution is 4.93. The molecule has 7 atom stereocenters. The van der Waals surface area contributed by atoms with E-state index in [0.29, 0.717) is 0 Å². The Morgan fingerprint density at radius 1 is 0.750 bits per heavy atom. The van der Waals surface area contributed by atoms with E-state index in [9.17, 15) is 0 Å². The topological polar surface area (TPSA) is 0 Å². The minimum atomic E-state index is 0.973. The Morgan fingerprint density at radius 3 is 2.15 bits per heavy atom. The van der Waals surface area contributed by atoms with Crippen molar-refractivity contribution in [3.8, 4) is 0 Å². The van der Waals surface area contributed by atoms with Crippen molar-refractivity contribution in [2.45, 2.75) is 79.1 Å².